The first-order valence-corrected chi connectivity index (χ1v) is 12.9. The number of carbonyl (C=O) groups excluding carboxylic acids is 2. The van der Waals surface area contributed by atoms with Crippen LogP contribution in [0.1, 0.15) is 69.2 Å². The third-order valence-corrected chi connectivity index (χ3v) is 8.11. The molecule has 8 heteroatoms. The molecule has 1 saturated heterocycles. The van der Waals surface area contributed by atoms with E-state index in [9.17, 15) is 14.4 Å². The van der Waals surface area contributed by atoms with Crippen molar-refractivity contribution >= 4 is 33.4 Å². The minimum atomic E-state index is -0.148. The lowest BCUT2D eigenvalue weighted by Crippen LogP contribution is -2.49. The molecule has 4 rings (SSSR count). The first-order valence-electron chi connectivity index (χ1n) is 12.1. The number of hydrogen-bond acceptors (Lipinski definition) is 5. The molecular formula is C24H34N4O3S. The average Bonchev–Trinajstić information content (AvgIpc) is 3.18. The summed E-state index contributed by atoms with van der Waals surface area (Å²) >= 11 is 1.64. The molecule has 1 fully saturated rings. The number of unbranched alkanes of at least 4 members (excludes halogenated alkanes) is 1. The zero-order valence-corrected chi connectivity index (χ0v) is 20.0. The average molecular weight is 459 g/mol. The fraction of sp³-hybridized carbons (Fsp3) is 0.667. The smallest absolute Gasteiger partial charge is 0.262 e. The van der Waals surface area contributed by atoms with Gasteiger partial charge in [0, 0.05) is 37.0 Å². The first kappa shape index (κ1) is 23.0. The Morgan fingerprint density at radius 1 is 1.25 bits per heavy atom. The number of fused-ring (bicyclic) bond motifs is 3. The molecule has 2 atom stereocenters. The molecule has 0 saturated carbocycles. The summed E-state index contributed by atoms with van der Waals surface area (Å²) in [6.07, 6.45) is 9.75. The quantitative estimate of drug-likeness (QED) is 0.646. The molecule has 2 aliphatic rings. The van der Waals surface area contributed by atoms with Crippen molar-refractivity contribution in [3.63, 3.8) is 0 Å². The highest BCUT2D eigenvalue weighted by molar-refractivity contribution is 7.18. The fourth-order valence-electron chi connectivity index (χ4n) is 4.90. The molecule has 2 amide bonds. The van der Waals surface area contributed by atoms with Gasteiger partial charge in [-0.1, -0.05) is 13.3 Å². The number of piperidine rings is 1. The molecule has 2 aromatic rings. The molecule has 0 bridgehead atoms. The fourth-order valence-corrected chi connectivity index (χ4v) is 6.12. The van der Waals surface area contributed by atoms with E-state index in [1.165, 1.54) is 16.9 Å². The molecule has 32 heavy (non-hydrogen) atoms. The van der Waals surface area contributed by atoms with Crippen molar-refractivity contribution in [3.05, 3.63) is 27.1 Å². The minimum Gasteiger partial charge on any atom is -0.356 e. The van der Waals surface area contributed by atoms with Gasteiger partial charge in [0.15, 0.2) is 0 Å². The summed E-state index contributed by atoms with van der Waals surface area (Å²) in [4.78, 5) is 47.1. The predicted octanol–water partition coefficient (Wildman–Crippen LogP) is 3.27. The van der Waals surface area contributed by atoms with Gasteiger partial charge in [0.1, 0.15) is 4.83 Å². The van der Waals surface area contributed by atoms with Crippen molar-refractivity contribution in [2.24, 2.45) is 5.92 Å². The van der Waals surface area contributed by atoms with Crippen LogP contribution in [-0.4, -0.2) is 45.4 Å². The summed E-state index contributed by atoms with van der Waals surface area (Å²) in [5.41, 5.74) is 1.15. The van der Waals surface area contributed by atoms with E-state index in [-0.39, 0.29) is 35.8 Å². The molecule has 2 aromatic heterocycles. The van der Waals surface area contributed by atoms with E-state index in [1.54, 1.807) is 22.2 Å². The lowest BCUT2D eigenvalue weighted by Gasteiger charge is -2.37. The second-order valence-electron chi connectivity index (χ2n) is 9.20. The summed E-state index contributed by atoms with van der Waals surface area (Å²) < 4.78 is 1.59. The number of aromatic nitrogens is 2. The number of carbonyl (C=O) groups is 2. The molecule has 1 aliphatic heterocycles. The second-order valence-corrected chi connectivity index (χ2v) is 10.3. The van der Waals surface area contributed by atoms with Crippen LogP contribution in [0.15, 0.2) is 11.1 Å². The van der Waals surface area contributed by atoms with Crippen LogP contribution in [0, 0.1) is 5.92 Å². The van der Waals surface area contributed by atoms with Gasteiger partial charge < -0.3 is 10.2 Å². The number of likely N-dealkylation sites (tertiary alicyclic amines) is 1. The molecule has 0 radical (unpaired) electrons. The van der Waals surface area contributed by atoms with E-state index in [4.69, 9.17) is 0 Å². The zero-order valence-electron chi connectivity index (χ0n) is 19.2. The number of nitrogens with zero attached hydrogens (tertiary/aromatic N) is 3. The topological polar surface area (TPSA) is 84.3 Å². The molecule has 0 spiro atoms. The number of rotatable bonds is 7. The van der Waals surface area contributed by atoms with E-state index in [2.05, 4.69) is 17.2 Å². The minimum absolute atomic E-state index is 0.00269. The SMILES string of the molecule is CCCCNC(=O)C1CCC(C)N(C(=O)CCn2cnc3sc4c(c3c2=O)CCCC4)C1. The second kappa shape index (κ2) is 10.1. The molecule has 3 heterocycles. The summed E-state index contributed by atoms with van der Waals surface area (Å²) in [6.45, 7) is 5.62. The van der Waals surface area contributed by atoms with E-state index in [1.807, 2.05) is 11.8 Å². The highest BCUT2D eigenvalue weighted by Gasteiger charge is 2.32. The third kappa shape index (κ3) is 4.75. The van der Waals surface area contributed by atoms with Crippen LogP contribution < -0.4 is 10.9 Å². The zero-order chi connectivity index (χ0) is 22.7. The van der Waals surface area contributed by atoms with Crippen LogP contribution >= 0.6 is 11.3 Å². The lowest BCUT2D eigenvalue weighted by molar-refractivity contribution is -0.138. The highest BCUT2D eigenvalue weighted by Crippen LogP contribution is 2.33. The Morgan fingerprint density at radius 3 is 2.88 bits per heavy atom. The Kier molecular flexibility index (Phi) is 7.28. The van der Waals surface area contributed by atoms with Gasteiger partial charge >= 0.3 is 0 Å². The standard InChI is InChI=1S/C24H34N4O3S/c1-3-4-12-25-22(30)17-10-9-16(2)28(14-17)20(29)11-13-27-15-26-23-21(24(27)31)18-7-5-6-8-19(18)32-23/h15-17H,3-14H2,1-2H3,(H,25,30). The summed E-state index contributed by atoms with van der Waals surface area (Å²) in [5, 5.41) is 3.76. The highest BCUT2D eigenvalue weighted by atomic mass is 32.1. The van der Waals surface area contributed by atoms with E-state index < -0.39 is 0 Å². The predicted molar refractivity (Wildman–Crippen MR) is 127 cm³/mol. The first-order chi connectivity index (χ1) is 15.5. The van der Waals surface area contributed by atoms with Crippen LogP contribution in [0.5, 0.6) is 0 Å². The van der Waals surface area contributed by atoms with Gasteiger partial charge in [-0.25, -0.2) is 4.98 Å². The molecular weight excluding hydrogens is 424 g/mol. The van der Waals surface area contributed by atoms with Crippen molar-refractivity contribution in [1.29, 1.82) is 0 Å². The Labute approximate surface area is 193 Å². The molecule has 0 aromatic carbocycles. The number of thiophene rings is 1. The van der Waals surface area contributed by atoms with Gasteiger partial charge in [-0.3, -0.25) is 19.0 Å². The van der Waals surface area contributed by atoms with Gasteiger partial charge in [0.25, 0.3) is 5.56 Å². The molecule has 174 valence electrons. The van der Waals surface area contributed by atoms with Gasteiger partial charge in [-0.2, -0.15) is 0 Å². The van der Waals surface area contributed by atoms with Crippen LogP contribution in [0.25, 0.3) is 10.2 Å². The Hall–Kier alpha value is -2.22. The third-order valence-electron chi connectivity index (χ3n) is 6.91. The molecule has 1 aliphatic carbocycles. The number of amides is 2. The summed E-state index contributed by atoms with van der Waals surface area (Å²) in [6, 6.07) is 0.114. The Morgan fingerprint density at radius 2 is 2.06 bits per heavy atom. The Bertz CT molecular complexity index is 1040. The largest absolute Gasteiger partial charge is 0.356 e. The van der Waals surface area contributed by atoms with Gasteiger partial charge in [0.2, 0.25) is 11.8 Å². The van der Waals surface area contributed by atoms with Gasteiger partial charge in [0.05, 0.1) is 17.6 Å². The number of aryl methyl sites for hydroxylation is 3. The number of nitrogens with one attached hydrogen (secondary N) is 1. The van der Waals surface area contributed by atoms with Crippen LogP contribution in [-0.2, 0) is 29.0 Å². The molecule has 2 unspecified atom stereocenters. The van der Waals surface area contributed by atoms with E-state index in [0.29, 0.717) is 19.6 Å². The van der Waals surface area contributed by atoms with Gasteiger partial charge in [-0.15, -0.1) is 11.3 Å². The van der Waals surface area contributed by atoms with Crippen molar-refractivity contribution in [3.8, 4) is 0 Å². The molecule has 7 nitrogen and oxygen atoms in total. The summed E-state index contributed by atoms with van der Waals surface area (Å²) in [5.74, 6) is -0.0933. The van der Waals surface area contributed by atoms with Crippen LogP contribution in [0.2, 0.25) is 0 Å². The molecule has 1 N–H and O–H groups in total. The number of hydrogen-bond donors (Lipinski definition) is 1. The van der Waals surface area contributed by atoms with Crippen molar-refractivity contribution in [2.45, 2.75) is 84.2 Å². The van der Waals surface area contributed by atoms with Crippen molar-refractivity contribution in [1.82, 2.24) is 19.8 Å². The van der Waals surface area contributed by atoms with Crippen molar-refractivity contribution < 1.29 is 9.59 Å². The van der Waals surface area contributed by atoms with E-state index in [0.717, 1.165) is 55.2 Å². The maximum Gasteiger partial charge on any atom is 0.262 e. The van der Waals surface area contributed by atoms with E-state index >= 15 is 0 Å². The lowest BCUT2D eigenvalue weighted by atomic mass is 9.92. The van der Waals surface area contributed by atoms with Crippen molar-refractivity contribution in [2.75, 3.05) is 13.1 Å². The van der Waals surface area contributed by atoms with Crippen LogP contribution in [0.3, 0.4) is 0 Å². The summed E-state index contributed by atoms with van der Waals surface area (Å²) in [7, 11) is 0. The maximum atomic E-state index is 13.1. The normalized spacial score (nSPS) is 20.9. The monoisotopic (exact) mass is 458 g/mol. The van der Waals surface area contributed by atoms with Gasteiger partial charge in [-0.05, 0) is 57.4 Å². The Balaban J connectivity index is 1.41. The van der Waals surface area contributed by atoms with Crippen LogP contribution in [0.4, 0.5) is 0 Å². The maximum absolute atomic E-state index is 13.1.